The second-order valence-corrected chi connectivity index (χ2v) is 2.99. The summed E-state index contributed by atoms with van der Waals surface area (Å²) in [6.07, 6.45) is 1.45. The highest BCUT2D eigenvalue weighted by Crippen LogP contribution is 2.06. The van der Waals surface area contributed by atoms with Crippen molar-refractivity contribution in [3.63, 3.8) is 0 Å². The van der Waals surface area contributed by atoms with Crippen LogP contribution in [0.5, 0.6) is 0 Å². The molecular formula is C8H20N2O2. The highest BCUT2D eigenvalue weighted by Gasteiger charge is 2.17. The Bertz CT molecular complexity index is 99.2. The normalized spacial score (nSPS) is 16.5. The summed E-state index contributed by atoms with van der Waals surface area (Å²) in [5.74, 6) is 5.47. The minimum absolute atomic E-state index is 0.595. The van der Waals surface area contributed by atoms with Crippen LogP contribution >= 0.6 is 0 Å². The second-order valence-electron chi connectivity index (χ2n) is 2.99. The lowest BCUT2D eigenvalue weighted by molar-refractivity contribution is -0.109. The van der Waals surface area contributed by atoms with Crippen LogP contribution in [0, 0.1) is 0 Å². The zero-order valence-electron chi connectivity index (χ0n) is 7.90. The van der Waals surface area contributed by atoms with Gasteiger partial charge in [-0.1, -0.05) is 26.7 Å². The Labute approximate surface area is 74.0 Å². The maximum atomic E-state index is 9.36. The highest BCUT2D eigenvalue weighted by atomic mass is 16.3. The van der Waals surface area contributed by atoms with Gasteiger partial charge < -0.3 is 10.2 Å². The van der Waals surface area contributed by atoms with E-state index in [1.807, 2.05) is 13.8 Å². The van der Waals surface area contributed by atoms with Crippen LogP contribution in [0.15, 0.2) is 0 Å². The van der Waals surface area contributed by atoms with Crippen LogP contribution in [-0.2, 0) is 0 Å². The van der Waals surface area contributed by atoms with E-state index in [1.54, 1.807) is 0 Å². The molecule has 0 aromatic rings. The predicted molar refractivity (Wildman–Crippen MR) is 47.9 cm³/mol. The first-order valence-electron chi connectivity index (χ1n) is 4.52. The quantitative estimate of drug-likeness (QED) is 0.311. The second kappa shape index (κ2) is 6.37. The average molecular weight is 176 g/mol. The van der Waals surface area contributed by atoms with Gasteiger partial charge in [-0.25, -0.2) is 0 Å². The van der Waals surface area contributed by atoms with Crippen molar-refractivity contribution in [2.75, 3.05) is 0 Å². The molecule has 4 nitrogen and oxygen atoms in total. The molecule has 0 radical (unpaired) electrons. The smallest absolute Gasteiger partial charge is 0.122 e. The maximum Gasteiger partial charge on any atom is 0.122 e. The molecule has 0 spiro atoms. The summed E-state index contributed by atoms with van der Waals surface area (Å²) in [5.41, 5.74) is 0. The molecule has 0 amide bonds. The van der Waals surface area contributed by atoms with E-state index in [0.717, 1.165) is 17.9 Å². The van der Waals surface area contributed by atoms with Crippen LogP contribution in [0.4, 0.5) is 0 Å². The number of aliphatic hydroxyl groups excluding tert-OH is 2. The SMILES string of the molecule is CCCC(O)N(N)C(O)CCC. The third-order valence-corrected chi connectivity index (χ3v) is 1.78. The van der Waals surface area contributed by atoms with Gasteiger partial charge in [0.2, 0.25) is 0 Å². The lowest BCUT2D eigenvalue weighted by atomic mass is 10.2. The zero-order valence-corrected chi connectivity index (χ0v) is 7.90. The minimum atomic E-state index is -0.725. The summed E-state index contributed by atoms with van der Waals surface area (Å²) in [5, 5.41) is 19.8. The van der Waals surface area contributed by atoms with E-state index in [4.69, 9.17) is 5.84 Å². The van der Waals surface area contributed by atoms with Gasteiger partial charge in [-0.2, -0.15) is 5.01 Å². The van der Waals surface area contributed by atoms with Gasteiger partial charge in [-0.15, -0.1) is 0 Å². The molecule has 0 fully saturated rings. The molecule has 0 rings (SSSR count). The molecule has 0 bridgehead atoms. The van der Waals surface area contributed by atoms with Gasteiger partial charge >= 0.3 is 0 Å². The summed E-state index contributed by atoms with van der Waals surface area (Å²) in [4.78, 5) is 0. The Morgan fingerprint density at radius 2 is 1.42 bits per heavy atom. The van der Waals surface area contributed by atoms with Crippen molar-refractivity contribution in [3.05, 3.63) is 0 Å². The number of hydrogen-bond acceptors (Lipinski definition) is 4. The van der Waals surface area contributed by atoms with E-state index in [9.17, 15) is 10.2 Å². The Balaban J connectivity index is 3.73. The van der Waals surface area contributed by atoms with Crippen molar-refractivity contribution < 1.29 is 10.2 Å². The number of rotatable bonds is 6. The molecular weight excluding hydrogens is 156 g/mol. The minimum Gasteiger partial charge on any atom is -0.377 e. The fraction of sp³-hybridized carbons (Fsp3) is 1.00. The molecule has 0 aromatic carbocycles. The van der Waals surface area contributed by atoms with E-state index in [1.165, 1.54) is 0 Å². The van der Waals surface area contributed by atoms with Crippen LogP contribution in [0.25, 0.3) is 0 Å². The molecule has 12 heavy (non-hydrogen) atoms. The Morgan fingerprint density at radius 3 is 1.67 bits per heavy atom. The molecule has 74 valence electrons. The van der Waals surface area contributed by atoms with Crippen molar-refractivity contribution >= 4 is 0 Å². The maximum absolute atomic E-state index is 9.36. The molecule has 0 aromatic heterocycles. The molecule has 0 saturated carbocycles. The van der Waals surface area contributed by atoms with E-state index >= 15 is 0 Å². The highest BCUT2D eigenvalue weighted by molar-refractivity contribution is 4.57. The number of nitrogens with zero attached hydrogens (tertiary/aromatic N) is 1. The topological polar surface area (TPSA) is 69.7 Å². The van der Waals surface area contributed by atoms with Crippen LogP contribution in [0.3, 0.4) is 0 Å². The van der Waals surface area contributed by atoms with Crippen LogP contribution in [0.2, 0.25) is 0 Å². The monoisotopic (exact) mass is 176 g/mol. The molecule has 2 atom stereocenters. The third-order valence-electron chi connectivity index (χ3n) is 1.78. The fourth-order valence-corrected chi connectivity index (χ4v) is 1.01. The van der Waals surface area contributed by atoms with E-state index in [2.05, 4.69) is 0 Å². The molecule has 4 heteroatoms. The van der Waals surface area contributed by atoms with Crippen LogP contribution in [0.1, 0.15) is 39.5 Å². The Hall–Kier alpha value is -0.160. The fourth-order valence-electron chi connectivity index (χ4n) is 1.01. The standard InChI is InChI=1S/C8H20N2O2/c1-3-5-7(11)10(9)8(12)6-4-2/h7-8,11-12H,3-6,9H2,1-2H3. The summed E-state index contributed by atoms with van der Waals surface area (Å²) >= 11 is 0. The van der Waals surface area contributed by atoms with Gasteiger partial charge in [0.1, 0.15) is 12.5 Å². The summed E-state index contributed by atoms with van der Waals surface area (Å²) in [7, 11) is 0. The van der Waals surface area contributed by atoms with Gasteiger partial charge in [-0.3, -0.25) is 5.84 Å². The first kappa shape index (κ1) is 11.8. The number of nitrogens with two attached hydrogens (primary N) is 1. The summed E-state index contributed by atoms with van der Waals surface area (Å²) < 4.78 is 0. The van der Waals surface area contributed by atoms with Crippen molar-refractivity contribution in [2.24, 2.45) is 5.84 Å². The summed E-state index contributed by atoms with van der Waals surface area (Å²) in [6.45, 7) is 3.92. The lowest BCUT2D eigenvalue weighted by Gasteiger charge is -2.27. The predicted octanol–water partition coefficient (Wildman–Crippen LogP) is 0.399. The molecule has 0 aliphatic rings. The Kier molecular flexibility index (Phi) is 6.28. The molecule has 2 unspecified atom stereocenters. The van der Waals surface area contributed by atoms with Gasteiger partial charge in [0.25, 0.3) is 0 Å². The molecule has 0 saturated heterocycles. The average Bonchev–Trinajstić information content (AvgIpc) is 2.04. The number of aliphatic hydroxyl groups is 2. The first-order valence-corrected chi connectivity index (χ1v) is 4.52. The van der Waals surface area contributed by atoms with E-state index < -0.39 is 12.5 Å². The first-order chi connectivity index (χ1) is 5.63. The van der Waals surface area contributed by atoms with E-state index in [-0.39, 0.29) is 0 Å². The van der Waals surface area contributed by atoms with Crippen LogP contribution < -0.4 is 5.84 Å². The van der Waals surface area contributed by atoms with Gasteiger partial charge in [0.05, 0.1) is 0 Å². The summed E-state index contributed by atoms with van der Waals surface area (Å²) in [6, 6.07) is 0. The van der Waals surface area contributed by atoms with E-state index in [0.29, 0.717) is 12.8 Å². The van der Waals surface area contributed by atoms with Crippen molar-refractivity contribution in [2.45, 2.75) is 52.0 Å². The largest absolute Gasteiger partial charge is 0.377 e. The zero-order chi connectivity index (χ0) is 9.56. The Morgan fingerprint density at radius 1 is 1.08 bits per heavy atom. The molecule has 0 heterocycles. The van der Waals surface area contributed by atoms with Crippen molar-refractivity contribution in [1.29, 1.82) is 0 Å². The number of hydrazine groups is 1. The van der Waals surface area contributed by atoms with Gasteiger partial charge in [0, 0.05) is 0 Å². The van der Waals surface area contributed by atoms with Crippen LogP contribution in [-0.4, -0.2) is 27.7 Å². The molecule has 0 aliphatic heterocycles. The molecule has 4 N–H and O–H groups in total. The van der Waals surface area contributed by atoms with Crippen molar-refractivity contribution in [3.8, 4) is 0 Å². The van der Waals surface area contributed by atoms with Gasteiger partial charge in [-0.05, 0) is 12.8 Å². The lowest BCUT2D eigenvalue weighted by Crippen LogP contribution is -2.48. The third kappa shape index (κ3) is 4.01. The molecule has 0 aliphatic carbocycles. The van der Waals surface area contributed by atoms with Crippen molar-refractivity contribution in [1.82, 2.24) is 5.01 Å². The van der Waals surface area contributed by atoms with Gasteiger partial charge in [0.15, 0.2) is 0 Å². The number of hydrogen-bond donors (Lipinski definition) is 3.